The van der Waals surface area contributed by atoms with Crippen LogP contribution in [-0.2, 0) is 28.6 Å². The molecule has 0 aromatic carbocycles. The van der Waals surface area contributed by atoms with E-state index in [4.69, 9.17) is 14.2 Å². The van der Waals surface area contributed by atoms with Gasteiger partial charge in [-0.25, -0.2) is 0 Å². The van der Waals surface area contributed by atoms with Crippen molar-refractivity contribution in [2.24, 2.45) is 0 Å². The van der Waals surface area contributed by atoms with Crippen LogP contribution in [0.25, 0.3) is 0 Å². The molecular weight excluding hydrogens is 985 g/mol. The number of rotatable bonds is 65. The van der Waals surface area contributed by atoms with Crippen LogP contribution in [0.3, 0.4) is 0 Å². The average Bonchev–Trinajstić information content (AvgIpc) is 3.46. The van der Waals surface area contributed by atoms with E-state index in [1.165, 1.54) is 238 Å². The molecule has 0 saturated heterocycles. The highest BCUT2D eigenvalue weighted by Gasteiger charge is 2.19. The molecule has 0 aromatic heterocycles. The minimum absolute atomic E-state index is 0.0700. The Labute approximate surface area is 498 Å². The van der Waals surface area contributed by atoms with Gasteiger partial charge in [-0.1, -0.05) is 338 Å². The van der Waals surface area contributed by atoms with Crippen LogP contribution in [0.15, 0.2) is 60.8 Å². The predicted octanol–water partition coefficient (Wildman–Crippen LogP) is 24.3. The second kappa shape index (κ2) is 68.6. The fourth-order valence-electron chi connectivity index (χ4n) is 10.5. The maximum atomic E-state index is 12.9. The summed E-state index contributed by atoms with van der Waals surface area (Å²) in [7, 11) is 0. The Bertz CT molecular complexity index is 1430. The molecule has 0 amide bonds. The summed E-state index contributed by atoms with van der Waals surface area (Å²) in [6.07, 6.45) is 88.5. The molecule has 0 heterocycles. The van der Waals surface area contributed by atoms with E-state index >= 15 is 0 Å². The minimum atomic E-state index is -0.772. The molecule has 0 spiro atoms. The third-order valence-electron chi connectivity index (χ3n) is 15.7. The van der Waals surface area contributed by atoms with Gasteiger partial charge in [-0.15, -0.1) is 0 Å². The van der Waals surface area contributed by atoms with Crippen molar-refractivity contribution in [3.05, 3.63) is 60.8 Å². The molecule has 0 bridgehead atoms. The number of hydrogen-bond donors (Lipinski definition) is 0. The molecule has 466 valence electrons. The normalized spacial score (nSPS) is 12.4. The number of hydrogen-bond acceptors (Lipinski definition) is 6. The van der Waals surface area contributed by atoms with E-state index in [1.807, 2.05) is 0 Å². The van der Waals surface area contributed by atoms with Gasteiger partial charge in [0.1, 0.15) is 13.2 Å². The van der Waals surface area contributed by atoms with E-state index < -0.39 is 6.10 Å². The SMILES string of the molecule is CC/C=C\C/C=C\C/C=C\C/C=C\CCCCCCCCCCCCCCCCCCCCCCCCC(=O)OCC(COC(=O)CCCCCCC/C=C\CCC)OC(=O)CCCCCCCCCCCCCCCCCCC. The zero-order valence-corrected chi connectivity index (χ0v) is 53.6. The molecule has 0 aliphatic heterocycles. The number of ether oxygens (including phenoxy) is 3. The highest BCUT2D eigenvalue weighted by molar-refractivity contribution is 5.71. The molecule has 0 saturated carbocycles. The van der Waals surface area contributed by atoms with Gasteiger partial charge in [-0.3, -0.25) is 14.4 Å². The van der Waals surface area contributed by atoms with Gasteiger partial charge < -0.3 is 14.2 Å². The molecule has 0 aromatic rings. The Hall–Kier alpha value is -2.89. The maximum absolute atomic E-state index is 12.9. The second-order valence-electron chi connectivity index (χ2n) is 23.8. The van der Waals surface area contributed by atoms with Crippen molar-refractivity contribution in [1.29, 1.82) is 0 Å². The highest BCUT2D eigenvalue weighted by atomic mass is 16.6. The fraction of sp³-hybridized carbons (Fsp3) is 0.824. The highest BCUT2D eigenvalue weighted by Crippen LogP contribution is 2.18. The van der Waals surface area contributed by atoms with Gasteiger partial charge in [-0.05, 0) is 77.0 Å². The van der Waals surface area contributed by atoms with Crippen LogP contribution in [0, 0.1) is 0 Å². The van der Waals surface area contributed by atoms with Crippen LogP contribution >= 0.6 is 0 Å². The van der Waals surface area contributed by atoms with Crippen molar-refractivity contribution in [1.82, 2.24) is 0 Å². The number of esters is 3. The fourth-order valence-corrected chi connectivity index (χ4v) is 10.5. The van der Waals surface area contributed by atoms with Crippen molar-refractivity contribution in [2.75, 3.05) is 13.2 Å². The summed E-state index contributed by atoms with van der Waals surface area (Å²) in [6.45, 7) is 6.52. The average molecular weight is 1120 g/mol. The molecule has 0 rings (SSSR count). The largest absolute Gasteiger partial charge is 0.462 e. The van der Waals surface area contributed by atoms with E-state index in [2.05, 4.69) is 81.5 Å². The smallest absolute Gasteiger partial charge is 0.306 e. The van der Waals surface area contributed by atoms with Gasteiger partial charge in [0.25, 0.3) is 0 Å². The molecule has 0 N–H and O–H groups in total. The first-order valence-electron chi connectivity index (χ1n) is 35.3. The lowest BCUT2D eigenvalue weighted by Crippen LogP contribution is -2.30. The number of carbonyl (C=O) groups excluding carboxylic acids is 3. The molecule has 1 unspecified atom stereocenters. The lowest BCUT2D eigenvalue weighted by molar-refractivity contribution is -0.167. The third kappa shape index (κ3) is 65.9. The Kier molecular flexibility index (Phi) is 66.1. The molecule has 0 aliphatic carbocycles. The van der Waals surface area contributed by atoms with Gasteiger partial charge in [0.05, 0.1) is 0 Å². The van der Waals surface area contributed by atoms with E-state index in [0.717, 1.165) is 96.3 Å². The van der Waals surface area contributed by atoms with Crippen molar-refractivity contribution in [2.45, 2.75) is 380 Å². The van der Waals surface area contributed by atoms with Crippen LogP contribution in [0.5, 0.6) is 0 Å². The van der Waals surface area contributed by atoms with Crippen molar-refractivity contribution in [3.8, 4) is 0 Å². The van der Waals surface area contributed by atoms with E-state index in [-0.39, 0.29) is 31.1 Å². The monoisotopic (exact) mass is 1120 g/mol. The number of allylic oxidation sites excluding steroid dienone is 10. The maximum Gasteiger partial charge on any atom is 0.306 e. The quantitative estimate of drug-likeness (QED) is 0.0261. The molecule has 0 fully saturated rings. The summed E-state index contributed by atoms with van der Waals surface area (Å²) in [4.78, 5) is 38.3. The topological polar surface area (TPSA) is 78.9 Å². The Balaban J connectivity index is 4.02. The molecule has 6 nitrogen and oxygen atoms in total. The molecule has 80 heavy (non-hydrogen) atoms. The summed E-state index contributed by atoms with van der Waals surface area (Å²) in [6, 6.07) is 0. The van der Waals surface area contributed by atoms with Crippen LogP contribution < -0.4 is 0 Å². The lowest BCUT2D eigenvalue weighted by atomic mass is 10.0. The van der Waals surface area contributed by atoms with Gasteiger partial charge >= 0.3 is 17.9 Å². The summed E-state index contributed by atoms with van der Waals surface area (Å²) < 4.78 is 16.9. The van der Waals surface area contributed by atoms with Gasteiger partial charge in [0.2, 0.25) is 0 Å². The Morgan fingerprint density at radius 2 is 0.512 bits per heavy atom. The van der Waals surface area contributed by atoms with Gasteiger partial charge in [-0.2, -0.15) is 0 Å². The van der Waals surface area contributed by atoms with Crippen molar-refractivity contribution in [3.63, 3.8) is 0 Å². The summed E-state index contributed by atoms with van der Waals surface area (Å²) in [5, 5.41) is 0. The minimum Gasteiger partial charge on any atom is -0.462 e. The molecule has 6 heteroatoms. The summed E-state index contributed by atoms with van der Waals surface area (Å²) in [5.74, 6) is -0.856. The van der Waals surface area contributed by atoms with E-state index in [0.29, 0.717) is 19.3 Å². The lowest BCUT2D eigenvalue weighted by Gasteiger charge is -2.18. The summed E-state index contributed by atoms with van der Waals surface area (Å²) in [5.41, 5.74) is 0. The molecule has 0 aliphatic rings. The molecule has 0 radical (unpaired) electrons. The zero-order valence-electron chi connectivity index (χ0n) is 53.6. The Morgan fingerprint density at radius 3 is 0.825 bits per heavy atom. The van der Waals surface area contributed by atoms with Crippen LogP contribution in [0.2, 0.25) is 0 Å². The van der Waals surface area contributed by atoms with Crippen LogP contribution in [0.1, 0.15) is 374 Å². The zero-order chi connectivity index (χ0) is 57.8. The van der Waals surface area contributed by atoms with Crippen molar-refractivity contribution >= 4 is 17.9 Å². The first-order valence-corrected chi connectivity index (χ1v) is 35.3. The molecule has 1 atom stereocenters. The summed E-state index contributed by atoms with van der Waals surface area (Å²) >= 11 is 0. The predicted molar refractivity (Wildman–Crippen MR) is 348 cm³/mol. The van der Waals surface area contributed by atoms with E-state index in [9.17, 15) is 14.4 Å². The second-order valence-corrected chi connectivity index (χ2v) is 23.8. The first kappa shape index (κ1) is 77.1. The number of unbranched alkanes of at least 4 members (excludes halogenated alkanes) is 44. The van der Waals surface area contributed by atoms with Crippen LogP contribution in [-0.4, -0.2) is 37.2 Å². The first-order chi connectivity index (χ1) is 39.5. The van der Waals surface area contributed by atoms with Gasteiger partial charge in [0.15, 0.2) is 6.10 Å². The standard InChI is InChI=1S/C74H134O6/c1-4-7-10-13-16-19-22-24-26-28-29-30-31-32-33-34-35-36-37-38-39-40-41-42-43-44-45-47-48-50-52-55-58-61-64-67-73(76)79-70-71(69-78-72(75)66-63-60-57-54-21-18-15-12-9-6-3)80-74(77)68-65-62-59-56-53-51-49-46-27-25-23-20-17-14-11-8-5-2/h7,10,12,15-16,19,24,26,29-30,71H,4-6,8-9,11,13-14,17-18,20-23,25,27-28,31-70H2,1-3H3/b10-7-,15-12-,19-16-,26-24-,30-29-. The third-order valence-corrected chi connectivity index (χ3v) is 15.7. The van der Waals surface area contributed by atoms with E-state index in [1.54, 1.807) is 0 Å². The molecular formula is C74H134O6. The van der Waals surface area contributed by atoms with Gasteiger partial charge in [0, 0.05) is 19.3 Å². The Morgan fingerprint density at radius 1 is 0.263 bits per heavy atom. The van der Waals surface area contributed by atoms with Crippen LogP contribution in [0.4, 0.5) is 0 Å². The van der Waals surface area contributed by atoms with Crippen molar-refractivity contribution < 1.29 is 28.6 Å². The number of carbonyl (C=O) groups is 3.